The second kappa shape index (κ2) is 9.81. The lowest BCUT2D eigenvalue weighted by molar-refractivity contribution is -0.145. The van der Waals surface area contributed by atoms with E-state index in [0.29, 0.717) is 28.5 Å². The minimum absolute atomic E-state index is 0.0720. The average molecular weight is 502 g/mol. The minimum atomic E-state index is -1.22. The predicted molar refractivity (Wildman–Crippen MR) is 136 cm³/mol. The first kappa shape index (κ1) is 24.1. The fourth-order valence-electron chi connectivity index (χ4n) is 4.14. The van der Waals surface area contributed by atoms with Crippen molar-refractivity contribution >= 4 is 28.5 Å². The van der Waals surface area contributed by atoms with E-state index in [1.165, 1.54) is 0 Å². The highest BCUT2D eigenvalue weighted by Gasteiger charge is 2.38. The molecule has 10 heteroatoms. The molecule has 0 saturated carbocycles. The van der Waals surface area contributed by atoms with Crippen LogP contribution in [0.3, 0.4) is 0 Å². The summed E-state index contributed by atoms with van der Waals surface area (Å²) in [5.41, 5.74) is 1.60. The number of anilines is 1. The number of fused-ring (bicyclic) bond motifs is 2. The van der Waals surface area contributed by atoms with Gasteiger partial charge in [0.25, 0.3) is 0 Å². The molecule has 0 radical (unpaired) electrons. The average Bonchev–Trinajstić information content (AvgIpc) is 3.54. The van der Waals surface area contributed by atoms with Gasteiger partial charge >= 0.3 is 0 Å². The quantitative estimate of drug-likeness (QED) is 0.393. The summed E-state index contributed by atoms with van der Waals surface area (Å²) in [6, 6.07) is 20.0. The number of carbonyl (C=O) groups is 2. The molecule has 1 aliphatic rings. The Morgan fingerprint density at radius 1 is 1.05 bits per heavy atom. The molecule has 0 saturated heterocycles. The third-order valence-corrected chi connectivity index (χ3v) is 6.37. The number of rotatable bonds is 8. The Hall–Kier alpha value is -4.60. The molecule has 2 heterocycles. The molecule has 10 nitrogen and oxygen atoms in total. The monoisotopic (exact) mass is 501 g/mol. The van der Waals surface area contributed by atoms with E-state index in [-0.39, 0.29) is 31.7 Å². The molecule has 1 aliphatic heterocycles. The van der Waals surface area contributed by atoms with Crippen molar-refractivity contribution in [2.75, 3.05) is 19.2 Å². The Balaban J connectivity index is 1.42. The van der Waals surface area contributed by atoms with Crippen molar-refractivity contribution in [3.63, 3.8) is 0 Å². The van der Waals surface area contributed by atoms with Crippen LogP contribution in [0.2, 0.25) is 0 Å². The molecule has 2 amide bonds. The topological polar surface area (TPSA) is 108 Å². The van der Waals surface area contributed by atoms with E-state index in [4.69, 9.17) is 14.2 Å². The molecule has 0 bridgehead atoms. The molecule has 5 rings (SSSR count). The van der Waals surface area contributed by atoms with Crippen LogP contribution in [0.25, 0.3) is 11.0 Å². The van der Waals surface area contributed by atoms with Crippen LogP contribution in [0.15, 0.2) is 66.7 Å². The van der Waals surface area contributed by atoms with Crippen LogP contribution in [0.4, 0.5) is 5.69 Å². The van der Waals surface area contributed by atoms with Crippen molar-refractivity contribution in [3.8, 4) is 17.2 Å². The Labute approximate surface area is 213 Å². The first-order valence-electron chi connectivity index (χ1n) is 11.8. The number of nitrogens with zero attached hydrogens (tertiary/aromatic N) is 4. The minimum Gasteiger partial charge on any atom is -0.497 e. The van der Waals surface area contributed by atoms with Crippen LogP contribution in [0, 0.1) is 0 Å². The maximum Gasteiger partial charge on any atom is 0.249 e. The lowest BCUT2D eigenvalue weighted by Crippen LogP contribution is -2.55. The summed E-state index contributed by atoms with van der Waals surface area (Å²) in [4.78, 5) is 28.8. The van der Waals surface area contributed by atoms with Gasteiger partial charge in [0.05, 0.1) is 12.6 Å². The van der Waals surface area contributed by atoms with Gasteiger partial charge in [0.15, 0.2) is 11.5 Å². The zero-order valence-corrected chi connectivity index (χ0v) is 20.8. The van der Waals surface area contributed by atoms with Gasteiger partial charge in [-0.2, -0.15) is 0 Å². The van der Waals surface area contributed by atoms with Gasteiger partial charge in [-0.15, -0.1) is 5.10 Å². The number of carbonyl (C=O) groups excluding carboxylic acids is 2. The van der Waals surface area contributed by atoms with Crippen LogP contribution in [-0.2, 0) is 22.7 Å². The van der Waals surface area contributed by atoms with E-state index in [0.717, 1.165) is 11.1 Å². The third kappa shape index (κ3) is 4.90. The summed E-state index contributed by atoms with van der Waals surface area (Å²) in [5.74, 6) is 1.25. The summed E-state index contributed by atoms with van der Waals surface area (Å²) < 4.78 is 17.6. The van der Waals surface area contributed by atoms with Gasteiger partial charge in [-0.3, -0.25) is 9.59 Å². The van der Waals surface area contributed by atoms with E-state index in [2.05, 4.69) is 15.6 Å². The number of amides is 2. The van der Waals surface area contributed by atoms with Crippen molar-refractivity contribution in [2.24, 2.45) is 0 Å². The van der Waals surface area contributed by atoms with E-state index >= 15 is 0 Å². The lowest BCUT2D eigenvalue weighted by atomic mass is 9.99. The number of hydrogen-bond donors (Lipinski definition) is 1. The number of benzene rings is 3. The molecule has 4 aromatic rings. The highest BCUT2D eigenvalue weighted by molar-refractivity contribution is 6.00. The SMILES string of the molecule is COc1ccc(CN(C(=O)Cn2nnc3ccccc32)C(C)(C)C(=O)Nc2ccc3c(c2)OCO3)cc1. The number of para-hydroxylation sites is 1. The summed E-state index contributed by atoms with van der Waals surface area (Å²) >= 11 is 0. The molecule has 0 atom stereocenters. The Bertz CT molecular complexity index is 1450. The second-order valence-electron chi connectivity index (χ2n) is 9.14. The molecule has 0 spiro atoms. The van der Waals surface area contributed by atoms with Crippen LogP contribution < -0.4 is 19.5 Å². The van der Waals surface area contributed by atoms with Gasteiger partial charge in [-0.1, -0.05) is 29.5 Å². The van der Waals surface area contributed by atoms with E-state index in [1.54, 1.807) is 48.7 Å². The molecule has 0 unspecified atom stereocenters. The number of hydrogen-bond acceptors (Lipinski definition) is 7. The van der Waals surface area contributed by atoms with Crippen LogP contribution >= 0.6 is 0 Å². The molecule has 3 aromatic carbocycles. The molecule has 190 valence electrons. The van der Waals surface area contributed by atoms with Crippen LogP contribution in [0.5, 0.6) is 17.2 Å². The normalized spacial score (nSPS) is 12.4. The Morgan fingerprint density at radius 2 is 1.81 bits per heavy atom. The number of nitrogens with one attached hydrogen (secondary N) is 1. The molecule has 37 heavy (non-hydrogen) atoms. The third-order valence-electron chi connectivity index (χ3n) is 6.37. The first-order chi connectivity index (χ1) is 17.8. The van der Waals surface area contributed by atoms with Gasteiger partial charge < -0.3 is 24.4 Å². The number of aromatic nitrogens is 3. The lowest BCUT2D eigenvalue weighted by Gasteiger charge is -2.37. The summed E-state index contributed by atoms with van der Waals surface area (Å²) in [6.07, 6.45) is 0. The molecule has 0 aliphatic carbocycles. The number of ether oxygens (including phenoxy) is 3. The zero-order chi connectivity index (χ0) is 26.0. The predicted octanol–water partition coefficient (Wildman–Crippen LogP) is 3.61. The maximum absolute atomic E-state index is 13.7. The smallest absolute Gasteiger partial charge is 0.249 e. The molecular formula is C27H27N5O5. The van der Waals surface area contributed by atoms with Crippen molar-refractivity contribution in [3.05, 3.63) is 72.3 Å². The Morgan fingerprint density at radius 3 is 2.59 bits per heavy atom. The molecular weight excluding hydrogens is 474 g/mol. The van der Waals surface area contributed by atoms with Crippen molar-refractivity contribution in [1.29, 1.82) is 0 Å². The molecule has 1 N–H and O–H groups in total. The van der Waals surface area contributed by atoms with E-state index in [9.17, 15) is 9.59 Å². The first-order valence-corrected chi connectivity index (χ1v) is 11.8. The number of methoxy groups -OCH3 is 1. The highest BCUT2D eigenvalue weighted by atomic mass is 16.7. The largest absolute Gasteiger partial charge is 0.497 e. The van der Waals surface area contributed by atoms with Gasteiger partial charge in [0.2, 0.25) is 18.6 Å². The van der Waals surface area contributed by atoms with Gasteiger partial charge in [0, 0.05) is 18.3 Å². The maximum atomic E-state index is 13.7. The van der Waals surface area contributed by atoms with Gasteiger partial charge in [-0.05, 0) is 55.8 Å². The van der Waals surface area contributed by atoms with Crippen LogP contribution in [0.1, 0.15) is 19.4 Å². The summed E-state index contributed by atoms with van der Waals surface area (Å²) in [5, 5.41) is 11.2. The standard InChI is InChI=1S/C27H27N5O5/c1-27(2,26(34)28-19-10-13-23-24(14-19)37-17-36-23)31(15-18-8-11-20(35-3)12-9-18)25(33)16-32-22-7-5-4-6-21(22)29-30-32/h4-14H,15-17H2,1-3H3,(H,28,34). The van der Waals surface area contributed by atoms with Gasteiger partial charge in [-0.25, -0.2) is 4.68 Å². The fraction of sp³-hybridized carbons (Fsp3) is 0.259. The summed E-state index contributed by atoms with van der Waals surface area (Å²) in [7, 11) is 1.59. The fourth-order valence-corrected chi connectivity index (χ4v) is 4.14. The van der Waals surface area contributed by atoms with Crippen LogP contribution in [-0.4, -0.2) is 51.1 Å². The van der Waals surface area contributed by atoms with Crippen molar-refractivity contribution in [1.82, 2.24) is 19.9 Å². The zero-order valence-electron chi connectivity index (χ0n) is 20.8. The Kier molecular flexibility index (Phi) is 6.39. The van der Waals surface area contributed by atoms with E-state index < -0.39 is 5.54 Å². The van der Waals surface area contributed by atoms with Gasteiger partial charge in [0.1, 0.15) is 23.3 Å². The second-order valence-corrected chi connectivity index (χ2v) is 9.14. The molecule has 0 fully saturated rings. The summed E-state index contributed by atoms with van der Waals surface area (Å²) in [6.45, 7) is 3.71. The molecule has 1 aromatic heterocycles. The van der Waals surface area contributed by atoms with Crippen molar-refractivity contribution < 1.29 is 23.8 Å². The highest BCUT2D eigenvalue weighted by Crippen LogP contribution is 2.34. The van der Waals surface area contributed by atoms with E-state index in [1.807, 2.05) is 48.5 Å². The van der Waals surface area contributed by atoms with Crippen molar-refractivity contribution in [2.45, 2.75) is 32.5 Å².